The van der Waals surface area contributed by atoms with E-state index in [4.69, 9.17) is 0 Å². The summed E-state index contributed by atoms with van der Waals surface area (Å²) < 4.78 is 0. The van der Waals surface area contributed by atoms with Crippen molar-refractivity contribution in [3.63, 3.8) is 0 Å². The first-order valence-electron chi connectivity index (χ1n) is 4.70. The molecule has 3 heteroatoms. The Labute approximate surface area is 104 Å². The van der Waals surface area contributed by atoms with Gasteiger partial charge >= 0.3 is 23.0 Å². The second kappa shape index (κ2) is 5.04. The second-order valence-corrected chi connectivity index (χ2v) is 3.13. The van der Waals surface area contributed by atoms with Gasteiger partial charge in [0.25, 0.3) is 0 Å². The fourth-order valence-corrected chi connectivity index (χ4v) is 1.60. The second-order valence-electron chi connectivity index (χ2n) is 3.13. The zero-order chi connectivity index (χ0) is 11.4. The maximum absolute atomic E-state index is 4.33. The van der Waals surface area contributed by atoms with E-state index in [0.717, 1.165) is 21.8 Å². The zero-order valence-electron chi connectivity index (χ0n) is 8.50. The summed E-state index contributed by atoms with van der Waals surface area (Å²) in [6.07, 6.45) is 3.64. The van der Waals surface area contributed by atoms with Crippen molar-refractivity contribution < 1.29 is 17.9 Å². The van der Waals surface area contributed by atoms with Crippen LogP contribution in [0.3, 0.4) is 0 Å². The van der Waals surface area contributed by atoms with Gasteiger partial charge < -0.3 is 4.98 Å². The smallest absolute Gasteiger partial charge is 0.0465 e. The van der Waals surface area contributed by atoms with Gasteiger partial charge in [0.15, 0.2) is 0 Å². The van der Waals surface area contributed by atoms with E-state index in [9.17, 15) is 0 Å². The molecule has 0 saturated carbocycles. The number of hydrogen-bond acceptors (Lipinski definition) is 2. The standard InChI is InChI=1S/C12H7N2.CH2.Ru/c1-2-5-10-9(4-1)8-14-11-6-3-7-13-12(10)11;;/h1-4,6-8H;1H2;/q-1;;+1. The van der Waals surface area contributed by atoms with E-state index >= 15 is 0 Å². The quantitative estimate of drug-likeness (QED) is 0.362. The fraction of sp³-hybridized carbons (Fsp3) is 0. The van der Waals surface area contributed by atoms with Gasteiger partial charge in [-0.1, -0.05) is 5.39 Å². The first kappa shape index (κ1) is 11.0. The van der Waals surface area contributed by atoms with Crippen molar-refractivity contribution in [3.8, 4) is 0 Å². The van der Waals surface area contributed by atoms with Crippen LogP contribution in [0, 0.1) is 6.07 Å². The minimum Gasteiger partial charge on any atom is -0.303 e. The Bertz CT molecular complexity index is 567. The number of hydrogen-bond donors (Lipinski definition) is 0. The molecule has 0 saturated heterocycles. The summed E-state index contributed by atoms with van der Waals surface area (Å²) in [6.45, 7) is 0. The molecule has 0 aliphatic carbocycles. The molecular formula is C13H9N2Ru. The molecular weight excluding hydrogens is 285 g/mol. The SMILES string of the molecule is [CH2]=[Ru+].[c-]1cccc2cnc3cccnc3c12. The van der Waals surface area contributed by atoms with Gasteiger partial charge in [-0.3, -0.25) is 4.98 Å². The van der Waals surface area contributed by atoms with Crippen LogP contribution in [0.15, 0.2) is 42.7 Å². The predicted molar refractivity (Wildman–Crippen MR) is 63.0 cm³/mol. The molecule has 79 valence electrons. The Kier molecular flexibility index (Phi) is 3.48. The molecule has 0 amide bonds. The molecule has 0 unspecified atom stereocenters. The maximum atomic E-state index is 4.33. The molecule has 0 aliphatic heterocycles. The van der Waals surface area contributed by atoms with Crippen molar-refractivity contribution in [2.75, 3.05) is 0 Å². The molecule has 0 bridgehead atoms. The van der Waals surface area contributed by atoms with Gasteiger partial charge in [-0.15, -0.1) is 29.7 Å². The van der Waals surface area contributed by atoms with Gasteiger partial charge in [-0.25, -0.2) is 0 Å². The van der Waals surface area contributed by atoms with Crippen molar-refractivity contribution in [2.45, 2.75) is 0 Å². The van der Waals surface area contributed by atoms with Crippen molar-refractivity contribution in [1.82, 2.24) is 9.97 Å². The molecule has 3 rings (SSSR count). The van der Waals surface area contributed by atoms with Crippen LogP contribution in [-0.4, -0.2) is 15.1 Å². The fourth-order valence-electron chi connectivity index (χ4n) is 1.60. The largest absolute Gasteiger partial charge is 0.303 e. The molecule has 0 radical (unpaired) electrons. The monoisotopic (exact) mass is 295 g/mol. The van der Waals surface area contributed by atoms with Crippen LogP contribution >= 0.6 is 0 Å². The van der Waals surface area contributed by atoms with E-state index in [1.165, 1.54) is 0 Å². The molecule has 1 aromatic carbocycles. The Hall–Kier alpha value is -1.47. The summed E-state index contributed by atoms with van der Waals surface area (Å²) in [7, 11) is 0. The summed E-state index contributed by atoms with van der Waals surface area (Å²) in [5.74, 6) is 0. The summed E-state index contributed by atoms with van der Waals surface area (Å²) >= 11 is 2.10. The molecule has 16 heavy (non-hydrogen) atoms. The number of fused-ring (bicyclic) bond motifs is 3. The number of benzene rings is 1. The summed E-state index contributed by atoms with van der Waals surface area (Å²) in [6, 6.07) is 12.9. The van der Waals surface area contributed by atoms with Crippen molar-refractivity contribution in [1.29, 1.82) is 0 Å². The van der Waals surface area contributed by atoms with Crippen LogP contribution in [0.25, 0.3) is 21.8 Å². The molecule has 0 fully saturated rings. The predicted octanol–water partition coefficient (Wildman–Crippen LogP) is 2.55. The molecule has 3 aromatic rings. The Morgan fingerprint density at radius 3 is 2.88 bits per heavy atom. The average molecular weight is 294 g/mol. The first-order valence-corrected chi connectivity index (χ1v) is 5.93. The number of nitrogens with zero attached hydrogens (tertiary/aromatic N) is 2. The Morgan fingerprint density at radius 2 is 2.00 bits per heavy atom. The zero-order valence-corrected chi connectivity index (χ0v) is 10.2. The topological polar surface area (TPSA) is 25.8 Å². The maximum Gasteiger partial charge on any atom is 0.0465 e. The van der Waals surface area contributed by atoms with E-state index in [2.05, 4.69) is 39.0 Å². The number of pyridine rings is 2. The van der Waals surface area contributed by atoms with Crippen LogP contribution in [0.4, 0.5) is 0 Å². The van der Waals surface area contributed by atoms with Crippen LogP contribution in [0.1, 0.15) is 0 Å². The molecule has 0 N–H and O–H groups in total. The van der Waals surface area contributed by atoms with E-state index in [1.807, 2.05) is 36.5 Å². The van der Waals surface area contributed by atoms with E-state index in [1.54, 1.807) is 6.20 Å². The van der Waals surface area contributed by atoms with Crippen molar-refractivity contribution >= 4 is 26.9 Å². The van der Waals surface area contributed by atoms with Crippen molar-refractivity contribution in [3.05, 3.63) is 48.8 Å². The van der Waals surface area contributed by atoms with Crippen LogP contribution in [0.5, 0.6) is 0 Å². The molecule has 2 nitrogen and oxygen atoms in total. The summed E-state index contributed by atoms with van der Waals surface area (Å²) in [4.78, 5) is 8.64. The summed E-state index contributed by atoms with van der Waals surface area (Å²) in [5, 5.41) is 5.30. The Balaban J connectivity index is 0.000000457. The van der Waals surface area contributed by atoms with Gasteiger partial charge in [0.1, 0.15) is 0 Å². The molecule has 2 heterocycles. The van der Waals surface area contributed by atoms with Gasteiger partial charge in [-0.2, -0.15) is 0 Å². The molecule has 0 atom stereocenters. The minimum absolute atomic E-state index is 0.919. The minimum atomic E-state index is 0.919. The summed E-state index contributed by atoms with van der Waals surface area (Å²) in [5.41, 5.74) is 1.84. The first-order chi connectivity index (χ1) is 7.95. The molecule has 0 aliphatic rings. The van der Waals surface area contributed by atoms with E-state index in [0.29, 0.717) is 0 Å². The van der Waals surface area contributed by atoms with Gasteiger partial charge in [-0.05, 0) is 18.3 Å². The van der Waals surface area contributed by atoms with Crippen LogP contribution in [0.2, 0.25) is 0 Å². The number of aromatic nitrogens is 2. The third-order valence-corrected chi connectivity index (χ3v) is 2.25. The number of rotatable bonds is 0. The molecule has 0 spiro atoms. The third-order valence-electron chi connectivity index (χ3n) is 2.25. The molecule has 2 aromatic heterocycles. The van der Waals surface area contributed by atoms with Gasteiger partial charge in [0.2, 0.25) is 0 Å². The average Bonchev–Trinajstić information content (AvgIpc) is 2.41. The van der Waals surface area contributed by atoms with Crippen molar-refractivity contribution in [2.24, 2.45) is 0 Å². The van der Waals surface area contributed by atoms with Crippen LogP contribution in [-0.2, 0) is 17.9 Å². The van der Waals surface area contributed by atoms with Gasteiger partial charge in [0, 0.05) is 17.2 Å². The normalized spacial score (nSPS) is 9.75. The Morgan fingerprint density at radius 1 is 1.12 bits per heavy atom. The van der Waals surface area contributed by atoms with Crippen LogP contribution < -0.4 is 0 Å². The van der Waals surface area contributed by atoms with E-state index in [-0.39, 0.29) is 0 Å². The van der Waals surface area contributed by atoms with Gasteiger partial charge in [0.05, 0.1) is 0 Å². The third kappa shape index (κ3) is 1.91. The van der Waals surface area contributed by atoms with E-state index < -0.39 is 0 Å².